The Hall–Kier alpha value is -2.04. The van der Waals surface area contributed by atoms with Crippen molar-refractivity contribution in [1.82, 2.24) is 0 Å². The van der Waals surface area contributed by atoms with Gasteiger partial charge in [0, 0.05) is 5.56 Å². The van der Waals surface area contributed by atoms with Gasteiger partial charge in [-0.2, -0.15) is 0 Å². The molecule has 0 saturated carbocycles. The summed E-state index contributed by atoms with van der Waals surface area (Å²) in [5.41, 5.74) is 3.02. The Labute approximate surface area is 121 Å². The molecule has 1 unspecified atom stereocenters. The number of rotatable bonds is 1. The molecule has 0 saturated heterocycles. The van der Waals surface area contributed by atoms with Crippen molar-refractivity contribution >= 4 is 0 Å². The second kappa shape index (κ2) is 5.94. The van der Waals surface area contributed by atoms with Crippen molar-refractivity contribution in [2.24, 2.45) is 5.41 Å². The normalized spacial score (nSPS) is 12.4. The summed E-state index contributed by atoms with van der Waals surface area (Å²) in [6.45, 7) is 5.94. The van der Waals surface area contributed by atoms with E-state index in [-0.39, 0.29) is 5.41 Å². The van der Waals surface area contributed by atoms with Crippen LogP contribution in [0.5, 0.6) is 0 Å². The summed E-state index contributed by atoms with van der Waals surface area (Å²) in [4.78, 5) is 0. The van der Waals surface area contributed by atoms with E-state index in [0.29, 0.717) is 0 Å². The molecule has 0 aliphatic heterocycles. The number of aliphatic hydroxyl groups excluding tert-OH is 1. The zero-order valence-electron chi connectivity index (χ0n) is 12.2. The van der Waals surface area contributed by atoms with Gasteiger partial charge < -0.3 is 5.11 Å². The van der Waals surface area contributed by atoms with Crippen molar-refractivity contribution < 1.29 is 5.11 Å². The van der Waals surface area contributed by atoms with Crippen LogP contribution in [0.2, 0.25) is 0 Å². The van der Waals surface area contributed by atoms with E-state index in [1.54, 1.807) is 0 Å². The van der Waals surface area contributed by atoms with Gasteiger partial charge in [0.2, 0.25) is 0 Å². The van der Waals surface area contributed by atoms with Gasteiger partial charge in [-0.3, -0.25) is 0 Å². The molecule has 0 aliphatic rings. The predicted molar refractivity (Wildman–Crippen MR) is 84.2 cm³/mol. The lowest BCUT2D eigenvalue weighted by Crippen LogP contribution is -2.23. The van der Waals surface area contributed by atoms with Crippen molar-refractivity contribution in [2.75, 3.05) is 0 Å². The van der Waals surface area contributed by atoms with Gasteiger partial charge in [0.15, 0.2) is 0 Å². The Morgan fingerprint density at radius 3 is 2.20 bits per heavy atom. The first-order valence-corrected chi connectivity index (χ1v) is 6.82. The van der Waals surface area contributed by atoms with E-state index in [2.05, 4.69) is 36.1 Å². The molecule has 2 rings (SSSR count). The average Bonchev–Trinajstić information content (AvgIpc) is 2.45. The summed E-state index contributed by atoms with van der Waals surface area (Å²) in [6.07, 6.45) is -0.622. The van der Waals surface area contributed by atoms with E-state index < -0.39 is 6.10 Å². The second-order valence-corrected chi connectivity index (χ2v) is 5.98. The highest BCUT2D eigenvalue weighted by atomic mass is 16.3. The van der Waals surface area contributed by atoms with Crippen LogP contribution in [0.4, 0.5) is 0 Å². The minimum Gasteiger partial charge on any atom is -0.380 e. The monoisotopic (exact) mass is 264 g/mol. The number of aliphatic hydroxyl groups is 1. The summed E-state index contributed by atoms with van der Waals surface area (Å²) in [7, 11) is 0. The molecule has 0 spiro atoms. The van der Waals surface area contributed by atoms with Gasteiger partial charge in [0.25, 0.3) is 0 Å². The second-order valence-electron chi connectivity index (χ2n) is 5.98. The maximum absolute atomic E-state index is 9.96. The van der Waals surface area contributed by atoms with Crippen LogP contribution in [0.25, 0.3) is 11.1 Å². The molecular weight excluding hydrogens is 244 g/mol. The van der Waals surface area contributed by atoms with Gasteiger partial charge in [-0.25, -0.2) is 0 Å². The van der Waals surface area contributed by atoms with Crippen LogP contribution in [0.15, 0.2) is 54.6 Å². The van der Waals surface area contributed by atoms with Crippen LogP contribution < -0.4 is 0 Å². The fourth-order valence-corrected chi connectivity index (χ4v) is 1.78. The molecule has 0 bridgehead atoms. The molecule has 0 fully saturated rings. The molecular formula is C19H20O. The van der Waals surface area contributed by atoms with Crippen LogP contribution in [0.3, 0.4) is 0 Å². The Balaban J connectivity index is 2.26. The van der Waals surface area contributed by atoms with Crippen molar-refractivity contribution in [1.29, 1.82) is 0 Å². The van der Waals surface area contributed by atoms with Crippen LogP contribution in [0.1, 0.15) is 26.3 Å². The zero-order chi connectivity index (χ0) is 14.6. The Bertz CT molecular complexity index is 624. The van der Waals surface area contributed by atoms with Gasteiger partial charge in [0.1, 0.15) is 6.10 Å². The van der Waals surface area contributed by atoms with Gasteiger partial charge in [-0.05, 0) is 28.7 Å². The summed E-state index contributed by atoms with van der Waals surface area (Å²) >= 11 is 0. The minimum absolute atomic E-state index is 0.218. The molecule has 0 aromatic heterocycles. The maximum atomic E-state index is 9.96. The first kappa shape index (κ1) is 14.4. The maximum Gasteiger partial charge on any atom is 0.119 e. The number of benzene rings is 2. The van der Waals surface area contributed by atoms with Crippen LogP contribution in [0, 0.1) is 17.3 Å². The van der Waals surface area contributed by atoms with E-state index in [1.165, 1.54) is 5.56 Å². The van der Waals surface area contributed by atoms with E-state index in [4.69, 9.17) is 0 Å². The van der Waals surface area contributed by atoms with Crippen molar-refractivity contribution in [3.63, 3.8) is 0 Å². The smallest absolute Gasteiger partial charge is 0.119 e. The lowest BCUT2D eigenvalue weighted by Gasteiger charge is -2.20. The molecule has 0 heterocycles. The molecule has 102 valence electrons. The lowest BCUT2D eigenvalue weighted by atomic mass is 9.89. The Morgan fingerprint density at radius 1 is 0.900 bits per heavy atom. The third-order valence-corrected chi connectivity index (χ3v) is 3.14. The number of hydrogen-bond acceptors (Lipinski definition) is 1. The largest absolute Gasteiger partial charge is 0.380 e. The third-order valence-electron chi connectivity index (χ3n) is 3.14. The Kier molecular flexibility index (Phi) is 4.27. The fourth-order valence-electron chi connectivity index (χ4n) is 1.78. The quantitative estimate of drug-likeness (QED) is 0.768. The van der Waals surface area contributed by atoms with Gasteiger partial charge >= 0.3 is 0 Å². The topological polar surface area (TPSA) is 20.2 Å². The summed E-state index contributed by atoms with van der Waals surface area (Å²) < 4.78 is 0. The zero-order valence-corrected chi connectivity index (χ0v) is 12.2. The van der Waals surface area contributed by atoms with Gasteiger partial charge in [0.05, 0.1) is 0 Å². The van der Waals surface area contributed by atoms with Crippen LogP contribution in [-0.2, 0) is 0 Å². The molecule has 1 nitrogen and oxygen atoms in total. The summed E-state index contributed by atoms with van der Waals surface area (Å²) in [5.74, 6) is 5.98. The highest BCUT2D eigenvalue weighted by Crippen LogP contribution is 2.20. The third kappa shape index (κ3) is 3.73. The SMILES string of the molecule is CC(C)(C)C(O)C#Cc1cccc(-c2ccccc2)c1. The molecule has 0 amide bonds. The molecule has 1 atom stereocenters. The first-order valence-electron chi connectivity index (χ1n) is 6.82. The van der Waals surface area contributed by atoms with E-state index in [9.17, 15) is 5.11 Å². The molecule has 20 heavy (non-hydrogen) atoms. The van der Waals surface area contributed by atoms with E-state index in [1.807, 2.05) is 51.1 Å². The Morgan fingerprint density at radius 2 is 1.55 bits per heavy atom. The molecule has 1 N–H and O–H groups in total. The van der Waals surface area contributed by atoms with E-state index in [0.717, 1.165) is 11.1 Å². The summed E-state index contributed by atoms with van der Waals surface area (Å²) in [6, 6.07) is 18.3. The number of hydrogen-bond donors (Lipinski definition) is 1. The molecule has 0 aliphatic carbocycles. The van der Waals surface area contributed by atoms with Gasteiger partial charge in [-0.15, -0.1) is 0 Å². The van der Waals surface area contributed by atoms with E-state index >= 15 is 0 Å². The molecule has 0 radical (unpaired) electrons. The fraction of sp³-hybridized carbons (Fsp3) is 0.263. The predicted octanol–water partition coefficient (Wildman–Crippen LogP) is 4.11. The molecule has 2 aromatic carbocycles. The van der Waals surface area contributed by atoms with Crippen molar-refractivity contribution in [3.8, 4) is 23.0 Å². The highest BCUT2D eigenvalue weighted by molar-refractivity contribution is 5.65. The van der Waals surface area contributed by atoms with Crippen LogP contribution >= 0.6 is 0 Å². The average molecular weight is 264 g/mol. The molecule has 2 aromatic rings. The lowest BCUT2D eigenvalue weighted by molar-refractivity contribution is 0.114. The van der Waals surface area contributed by atoms with Crippen LogP contribution in [-0.4, -0.2) is 11.2 Å². The van der Waals surface area contributed by atoms with Crippen molar-refractivity contribution in [2.45, 2.75) is 26.9 Å². The van der Waals surface area contributed by atoms with Gasteiger partial charge in [-0.1, -0.05) is 75.1 Å². The molecule has 1 heteroatoms. The summed E-state index contributed by atoms with van der Waals surface area (Å²) in [5, 5.41) is 9.96. The minimum atomic E-state index is -0.622. The van der Waals surface area contributed by atoms with Crippen molar-refractivity contribution in [3.05, 3.63) is 60.2 Å². The highest BCUT2D eigenvalue weighted by Gasteiger charge is 2.19. The standard InChI is InChI=1S/C19H20O/c1-19(2,3)18(20)13-12-15-8-7-11-17(14-15)16-9-5-4-6-10-16/h4-11,14,18,20H,1-3H3. The first-order chi connectivity index (χ1) is 9.47.